The van der Waals surface area contributed by atoms with E-state index in [2.05, 4.69) is 0 Å². The van der Waals surface area contributed by atoms with Crippen LogP contribution in [0.4, 0.5) is 0 Å². The molecule has 0 aromatic heterocycles. The fourth-order valence-electron chi connectivity index (χ4n) is 1.85. The van der Waals surface area contributed by atoms with Crippen molar-refractivity contribution < 1.29 is 14.1 Å². The van der Waals surface area contributed by atoms with Crippen LogP contribution in [0.1, 0.15) is 21.5 Å². The number of hydrogen-bond donors (Lipinski definition) is 1. The van der Waals surface area contributed by atoms with E-state index in [4.69, 9.17) is 16.7 Å². The maximum Gasteiger partial charge on any atom is 0.335 e. The molecule has 0 fully saturated rings. The summed E-state index contributed by atoms with van der Waals surface area (Å²) in [6.45, 7) is 0. The molecule has 0 saturated carbocycles. The van der Waals surface area contributed by atoms with Gasteiger partial charge in [0.1, 0.15) is 0 Å². The maximum absolute atomic E-state index is 12.1. The molecule has 1 N–H and O–H groups in total. The van der Waals surface area contributed by atoms with Gasteiger partial charge in [0.2, 0.25) is 0 Å². The highest BCUT2D eigenvalue weighted by molar-refractivity contribution is 7.83. The van der Waals surface area contributed by atoms with Crippen LogP contribution in [0.3, 0.4) is 0 Å². The van der Waals surface area contributed by atoms with Crippen molar-refractivity contribution in [3.05, 3.63) is 70.2 Å². The summed E-state index contributed by atoms with van der Waals surface area (Å²) in [6.07, 6.45) is 0. The zero-order valence-electron chi connectivity index (χ0n) is 10.6. The summed E-state index contributed by atoms with van der Waals surface area (Å²) in [6, 6.07) is 13.8. The van der Waals surface area contributed by atoms with Gasteiger partial charge in [0, 0.05) is 27.3 Å². The van der Waals surface area contributed by atoms with Gasteiger partial charge in [-0.25, -0.2) is 4.79 Å². The van der Waals surface area contributed by atoms with Crippen LogP contribution < -0.4 is 0 Å². The van der Waals surface area contributed by atoms with E-state index in [0.717, 1.165) is 5.56 Å². The second-order valence-corrected chi connectivity index (χ2v) is 6.21. The highest BCUT2D eigenvalue weighted by atomic mass is 35.5. The Balaban J connectivity index is 2.08. The van der Waals surface area contributed by atoms with E-state index in [-0.39, 0.29) is 11.3 Å². The van der Waals surface area contributed by atoms with Crippen LogP contribution in [0.2, 0.25) is 5.02 Å². The Morgan fingerprint density at radius 3 is 2.35 bits per heavy atom. The number of carboxylic acids is 1. The third-order valence-corrected chi connectivity index (χ3v) is 4.35. The Labute approximate surface area is 124 Å². The number of hydrogen-bond acceptors (Lipinski definition) is 2. The minimum atomic E-state index is -1.16. The second-order valence-electron chi connectivity index (χ2n) is 4.32. The van der Waals surface area contributed by atoms with Crippen molar-refractivity contribution in [2.75, 3.05) is 0 Å². The van der Waals surface area contributed by atoms with Gasteiger partial charge in [-0.3, -0.25) is 4.21 Å². The standard InChI is InChI=1S/C15H13ClO3S/c16-13-7-5-11(6-8-13)9-20(19)10-12-3-1-2-4-14(12)15(17)18/h1-8H,9-10H2,(H,17,18). The molecule has 0 aliphatic rings. The van der Waals surface area contributed by atoms with Crippen LogP contribution >= 0.6 is 11.6 Å². The van der Waals surface area contributed by atoms with Crippen LogP contribution in [0.25, 0.3) is 0 Å². The van der Waals surface area contributed by atoms with Crippen LogP contribution in [0.15, 0.2) is 48.5 Å². The Morgan fingerprint density at radius 1 is 1.05 bits per heavy atom. The first-order valence-corrected chi connectivity index (χ1v) is 7.83. The minimum Gasteiger partial charge on any atom is -0.478 e. The summed E-state index contributed by atoms with van der Waals surface area (Å²) < 4.78 is 12.1. The van der Waals surface area contributed by atoms with Crippen molar-refractivity contribution in [3.63, 3.8) is 0 Å². The van der Waals surface area contributed by atoms with Crippen molar-refractivity contribution in [2.24, 2.45) is 0 Å². The predicted molar refractivity (Wildman–Crippen MR) is 80.4 cm³/mol. The maximum atomic E-state index is 12.1. The van der Waals surface area contributed by atoms with Crippen LogP contribution in [-0.4, -0.2) is 15.3 Å². The molecule has 2 rings (SSSR count). The summed E-state index contributed by atoms with van der Waals surface area (Å²) >= 11 is 5.79. The third-order valence-electron chi connectivity index (χ3n) is 2.81. The van der Waals surface area contributed by atoms with Gasteiger partial charge in [0.25, 0.3) is 0 Å². The average Bonchev–Trinajstić information content (AvgIpc) is 2.41. The fourth-order valence-corrected chi connectivity index (χ4v) is 3.24. The van der Waals surface area contributed by atoms with Crippen LogP contribution in [0, 0.1) is 0 Å². The SMILES string of the molecule is O=C(O)c1ccccc1CS(=O)Cc1ccc(Cl)cc1. The lowest BCUT2D eigenvalue weighted by Gasteiger charge is -2.06. The van der Waals surface area contributed by atoms with Gasteiger partial charge in [-0.15, -0.1) is 0 Å². The molecule has 20 heavy (non-hydrogen) atoms. The molecule has 0 amide bonds. The monoisotopic (exact) mass is 308 g/mol. The van der Waals surface area contributed by atoms with Gasteiger partial charge in [-0.05, 0) is 29.3 Å². The van der Waals surface area contributed by atoms with E-state index in [0.29, 0.717) is 16.3 Å². The topological polar surface area (TPSA) is 54.4 Å². The molecule has 5 heteroatoms. The number of carbonyl (C=O) groups is 1. The lowest BCUT2D eigenvalue weighted by molar-refractivity contribution is 0.0696. The molecule has 0 bridgehead atoms. The lowest BCUT2D eigenvalue weighted by atomic mass is 10.1. The average molecular weight is 309 g/mol. The highest BCUT2D eigenvalue weighted by Crippen LogP contribution is 2.15. The smallest absolute Gasteiger partial charge is 0.335 e. The Bertz CT molecular complexity index is 638. The predicted octanol–water partition coefficient (Wildman–Crippen LogP) is 3.49. The van der Waals surface area contributed by atoms with Gasteiger partial charge in [0.15, 0.2) is 0 Å². The van der Waals surface area contributed by atoms with E-state index in [1.54, 1.807) is 30.3 Å². The quantitative estimate of drug-likeness (QED) is 0.920. The summed E-state index contributed by atoms with van der Waals surface area (Å²) in [5.41, 5.74) is 1.71. The summed E-state index contributed by atoms with van der Waals surface area (Å²) in [5.74, 6) is -0.389. The molecule has 0 aliphatic carbocycles. The molecule has 0 heterocycles. The third kappa shape index (κ3) is 3.92. The van der Waals surface area contributed by atoms with Gasteiger partial charge in [-0.1, -0.05) is 41.9 Å². The largest absolute Gasteiger partial charge is 0.478 e. The van der Waals surface area contributed by atoms with Gasteiger partial charge in [-0.2, -0.15) is 0 Å². The Morgan fingerprint density at radius 2 is 1.70 bits per heavy atom. The molecule has 0 aliphatic heterocycles. The summed E-state index contributed by atoms with van der Waals surface area (Å²) in [7, 11) is -1.16. The van der Waals surface area contributed by atoms with Crippen LogP contribution in [-0.2, 0) is 22.3 Å². The van der Waals surface area contributed by atoms with E-state index >= 15 is 0 Å². The van der Waals surface area contributed by atoms with Gasteiger partial charge < -0.3 is 5.11 Å². The summed E-state index contributed by atoms with van der Waals surface area (Å²) in [5, 5.41) is 9.72. The number of halogens is 1. The van der Waals surface area contributed by atoms with Gasteiger partial charge in [0.05, 0.1) is 5.56 Å². The molecule has 1 atom stereocenters. The lowest BCUT2D eigenvalue weighted by Crippen LogP contribution is -2.06. The first-order valence-electron chi connectivity index (χ1n) is 5.97. The normalized spacial score (nSPS) is 12.1. The highest BCUT2D eigenvalue weighted by Gasteiger charge is 2.12. The molecule has 104 valence electrons. The Kier molecular flexibility index (Phi) is 4.93. The minimum absolute atomic E-state index is 0.206. The zero-order chi connectivity index (χ0) is 14.5. The molecule has 0 spiro atoms. The number of carboxylic acid groups (broad SMARTS) is 1. The molecular weight excluding hydrogens is 296 g/mol. The van der Waals surface area contributed by atoms with Crippen molar-refractivity contribution in [2.45, 2.75) is 11.5 Å². The number of benzene rings is 2. The molecule has 0 radical (unpaired) electrons. The molecule has 2 aromatic rings. The van der Waals surface area contributed by atoms with Gasteiger partial charge >= 0.3 is 5.97 Å². The van der Waals surface area contributed by atoms with Crippen molar-refractivity contribution in [3.8, 4) is 0 Å². The fraction of sp³-hybridized carbons (Fsp3) is 0.133. The molecule has 3 nitrogen and oxygen atoms in total. The van der Waals surface area contributed by atoms with Crippen molar-refractivity contribution in [1.82, 2.24) is 0 Å². The van der Waals surface area contributed by atoms with Crippen molar-refractivity contribution in [1.29, 1.82) is 0 Å². The first kappa shape index (κ1) is 14.8. The molecule has 2 aromatic carbocycles. The zero-order valence-corrected chi connectivity index (χ0v) is 12.2. The van der Waals surface area contributed by atoms with Crippen molar-refractivity contribution >= 4 is 28.4 Å². The molecule has 0 saturated heterocycles. The second kappa shape index (κ2) is 6.68. The molecular formula is C15H13ClO3S. The van der Waals surface area contributed by atoms with E-state index in [9.17, 15) is 9.00 Å². The number of rotatable bonds is 5. The summed E-state index contributed by atoms with van der Waals surface area (Å²) in [4.78, 5) is 11.1. The Hall–Kier alpha value is -1.65. The number of aromatic carboxylic acids is 1. The molecule has 1 unspecified atom stereocenters. The first-order chi connectivity index (χ1) is 9.56. The van der Waals surface area contributed by atoms with Crippen LogP contribution in [0.5, 0.6) is 0 Å². The van der Waals surface area contributed by atoms with E-state index in [1.165, 1.54) is 6.07 Å². The van der Waals surface area contributed by atoms with E-state index in [1.807, 2.05) is 12.1 Å². The van der Waals surface area contributed by atoms with E-state index < -0.39 is 16.8 Å².